The standard InChI is InChI=1S/C24H28N2O5/c1-15(2)16-6-8-17(9-7-16)20(27)13-26-19-12-18(25-23(29)31-24(3,4)5)10-11-21(19)30-14-22(26)28/h6-12,15H,13-14H2,1-5H3,(H,25,29). The minimum Gasteiger partial charge on any atom is -0.482 e. The number of Topliss-reactive ketones (excluding diaryl/α,β-unsaturated/α-hetero) is 1. The first kappa shape index (κ1) is 22.3. The van der Waals surface area contributed by atoms with E-state index in [0.717, 1.165) is 5.56 Å². The number of ether oxygens (including phenoxy) is 2. The maximum absolute atomic E-state index is 12.8. The highest BCUT2D eigenvalue weighted by atomic mass is 16.6. The van der Waals surface area contributed by atoms with Crippen LogP contribution < -0.4 is 15.0 Å². The van der Waals surface area contributed by atoms with E-state index in [9.17, 15) is 14.4 Å². The van der Waals surface area contributed by atoms with E-state index in [1.807, 2.05) is 12.1 Å². The predicted molar refractivity (Wildman–Crippen MR) is 119 cm³/mol. The molecule has 164 valence electrons. The van der Waals surface area contributed by atoms with Gasteiger partial charge in [-0.3, -0.25) is 19.8 Å². The van der Waals surface area contributed by atoms with E-state index in [2.05, 4.69) is 19.2 Å². The van der Waals surface area contributed by atoms with Crippen molar-refractivity contribution >= 4 is 29.2 Å². The summed E-state index contributed by atoms with van der Waals surface area (Å²) < 4.78 is 10.8. The molecule has 0 fully saturated rings. The molecule has 0 saturated carbocycles. The van der Waals surface area contributed by atoms with Crippen LogP contribution in [0.15, 0.2) is 42.5 Å². The highest BCUT2D eigenvalue weighted by molar-refractivity contribution is 6.07. The topological polar surface area (TPSA) is 84.9 Å². The zero-order chi connectivity index (χ0) is 22.8. The van der Waals surface area contributed by atoms with E-state index in [1.54, 1.807) is 51.1 Å². The third-order valence-electron chi connectivity index (χ3n) is 4.75. The second-order valence-corrected chi connectivity index (χ2v) is 8.78. The lowest BCUT2D eigenvalue weighted by molar-refractivity contribution is -0.121. The molecule has 0 radical (unpaired) electrons. The lowest BCUT2D eigenvalue weighted by atomic mass is 10.0. The Morgan fingerprint density at radius 2 is 1.81 bits per heavy atom. The molecule has 7 nitrogen and oxygen atoms in total. The second kappa shape index (κ2) is 8.79. The third-order valence-corrected chi connectivity index (χ3v) is 4.75. The monoisotopic (exact) mass is 424 g/mol. The van der Waals surface area contributed by atoms with Crippen molar-refractivity contribution in [1.29, 1.82) is 0 Å². The van der Waals surface area contributed by atoms with Gasteiger partial charge >= 0.3 is 6.09 Å². The number of benzene rings is 2. The molecule has 1 aliphatic rings. The van der Waals surface area contributed by atoms with Gasteiger partial charge in [0.25, 0.3) is 5.91 Å². The molecule has 31 heavy (non-hydrogen) atoms. The molecule has 3 rings (SSSR count). The number of carbonyl (C=O) groups excluding carboxylic acids is 3. The average Bonchev–Trinajstić information content (AvgIpc) is 2.68. The number of hydrogen-bond acceptors (Lipinski definition) is 5. The molecule has 0 unspecified atom stereocenters. The van der Waals surface area contributed by atoms with Gasteiger partial charge < -0.3 is 9.47 Å². The van der Waals surface area contributed by atoms with Crippen LogP contribution in [0.2, 0.25) is 0 Å². The van der Waals surface area contributed by atoms with Gasteiger partial charge in [-0.05, 0) is 50.5 Å². The Balaban J connectivity index is 1.80. The SMILES string of the molecule is CC(C)c1ccc(C(=O)CN2C(=O)COc3ccc(NC(=O)OC(C)(C)C)cc32)cc1. The molecule has 7 heteroatoms. The van der Waals surface area contributed by atoms with Crippen molar-refractivity contribution in [1.82, 2.24) is 0 Å². The smallest absolute Gasteiger partial charge is 0.412 e. The quantitative estimate of drug-likeness (QED) is 0.699. The Labute approximate surface area is 182 Å². The highest BCUT2D eigenvalue weighted by Gasteiger charge is 2.28. The molecular weight excluding hydrogens is 396 g/mol. The fourth-order valence-corrected chi connectivity index (χ4v) is 3.16. The van der Waals surface area contributed by atoms with Gasteiger partial charge in [0, 0.05) is 11.3 Å². The van der Waals surface area contributed by atoms with Crippen LogP contribution >= 0.6 is 0 Å². The second-order valence-electron chi connectivity index (χ2n) is 8.78. The summed E-state index contributed by atoms with van der Waals surface area (Å²) in [5.41, 5.74) is 1.90. The summed E-state index contributed by atoms with van der Waals surface area (Å²) in [4.78, 5) is 38.8. The van der Waals surface area contributed by atoms with Crippen molar-refractivity contribution in [2.75, 3.05) is 23.4 Å². The van der Waals surface area contributed by atoms with Crippen molar-refractivity contribution < 1.29 is 23.9 Å². The largest absolute Gasteiger partial charge is 0.482 e. The Bertz CT molecular complexity index is 990. The van der Waals surface area contributed by atoms with Crippen LogP contribution in [-0.2, 0) is 9.53 Å². The van der Waals surface area contributed by atoms with Crippen LogP contribution in [0.25, 0.3) is 0 Å². The number of hydrogen-bond donors (Lipinski definition) is 1. The minimum absolute atomic E-state index is 0.119. The van der Waals surface area contributed by atoms with Gasteiger partial charge in [0.2, 0.25) is 0 Å². The molecular formula is C24H28N2O5. The molecule has 0 aliphatic carbocycles. The van der Waals surface area contributed by atoms with Gasteiger partial charge in [-0.15, -0.1) is 0 Å². The Morgan fingerprint density at radius 1 is 1.13 bits per heavy atom. The number of amides is 2. The molecule has 0 atom stereocenters. The third kappa shape index (κ3) is 5.63. The number of ketones is 1. The number of rotatable bonds is 5. The number of anilines is 2. The summed E-state index contributed by atoms with van der Waals surface area (Å²) in [7, 11) is 0. The summed E-state index contributed by atoms with van der Waals surface area (Å²) in [6.07, 6.45) is -0.608. The summed E-state index contributed by atoms with van der Waals surface area (Å²) in [6, 6.07) is 12.3. The first-order valence-electron chi connectivity index (χ1n) is 10.2. The van der Waals surface area contributed by atoms with Crippen molar-refractivity contribution in [2.45, 2.75) is 46.1 Å². The van der Waals surface area contributed by atoms with Gasteiger partial charge in [0.15, 0.2) is 12.4 Å². The van der Waals surface area contributed by atoms with Crippen LogP contribution in [-0.4, -0.2) is 36.5 Å². The molecule has 1 N–H and O–H groups in total. The lowest BCUT2D eigenvalue weighted by Crippen LogP contribution is -2.42. The van der Waals surface area contributed by atoms with Crippen LogP contribution in [0.4, 0.5) is 16.2 Å². The highest BCUT2D eigenvalue weighted by Crippen LogP contribution is 2.35. The molecule has 2 aromatic carbocycles. The number of fused-ring (bicyclic) bond motifs is 1. The van der Waals surface area contributed by atoms with Crippen molar-refractivity contribution in [2.24, 2.45) is 0 Å². The molecule has 0 spiro atoms. The van der Waals surface area contributed by atoms with Crippen LogP contribution in [0, 0.1) is 0 Å². The van der Waals surface area contributed by atoms with Gasteiger partial charge in [0.05, 0.1) is 12.2 Å². The van der Waals surface area contributed by atoms with E-state index in [1.165, 1.54) is 4.90 Å². The summed E-state index contributed by atoms with van der Waals surface area (Å²) >= 11 is 0. The summed E-state index contributed by atoms with van der Waals surface area (Å²) in [5, 5.41) is 2.65. The summed E-state index contributed by atoms with van der Waals surface area (Å²) in [6.45, 7) is 9.22. The van der Waals surface area contributed by atoms with Gasteiger partial charge in [-0.2, -0.15) is 0 Å². The fraction of sp³-hybridized carbons (Fsp3) is 0.375. The Kier molecular flexibility index (Phi) is 6.34. The van der Waals surface area contributed by atoms with Crippen LogP contribution in [0.3, 0.4) is 0 Å². The Morgan fingerprint density at radius 3 is 2.42 bits per heavy atom. The molecule has 1 aliphatic heterocycles. The van der Waals surface area contributed by atoms with E-state index in [-0.39, 0.29) is 24.8 Å². The predicted octanol–water partition coefficient (Wildman–Crippen LogP) is 4.77. The van der Waals surface area contributed by atoms with Crippen molar-refractivity contribution in [3.63, 3.8) is 0 Å². The van der Waals surface area contributed by atoms with Gasteiger partial charge in [-0.25, -0.2) is 4.79 Å². The Hall–Kier alpha value is -3.35. The number of nitrogens with one attached hydrogen (secondary N) is 1. The van der Waals surface area contributed by atoms with E-state index in [0.29, 0.717) is 28.6 Å². The molecule has 0 aromatic heterocycles. The lowest BCUT2D eigenvalue weighted by Gasteiger charge is -2.29. The van der Waals surface area contributed by atoms with Gasteiger partial charge in [0.1, 0.15) is 11.4 Å². The fourth-order valence-electron chi connectivity index (χ4n) is 3.16. The molecule has 0 bridgehead atoms. The molecule has 0 saturated heterocycles. The first-order valence-corrected chi connectivity index (χ1v) is 10.2. The van der Waals surface area contributed by atoms with E-state index >= 15 is 0 Å². The first-order chi connectivity index (χ1) is 14.5. The zero-order valence-corrected chi connectivity index (χ0v) is 18.5. The number of carbonyl (C=O) groups is 3. The average molecular weight is 424 g/mol. The zero-order valence-electron chi connectivity index (χ0n) is 18.5. The molecule has 1 heterocycles. The van der Waals surface area contributed by atoms with Crippen LogP contribution in [0.1, 0.15) is 56.5 Å². The van der Waals surface area contributed by atoms with E-state index < -0.39 is 11.7 Å². The van der Waals surface area contributed by atoms with Crippen LogP contribution in [0.5, 0.6) is 5.75 Å². The summed E-state index contributed by atoms with van der Waals surface area (Å²) in [5.74, 6) is 0.334. The normalized spacial score (nSPS) is 13.5. The van der Waals surface area contributed by atoms with E-state index in [4.69, 9.17) is 9.47 Å². The molecule has 2 amide bonds. The van der Waals surface area contributed by atoms with Gasteiger partial charge in [-0.1, -0.05) is 38.1 Å². The van der Waals surface area contributed by atoms with Crippen molar-refractivity contribution in [3.8, 4) is 5.75 Å². The number of nitrogens with zero attached hydrogens (tertiary/aromatic N) is 1. The van der Waals surface area contributed by atoms with Crippen molar-refractivity contribution in [3.05, 3.63) is 53.6 Å². The maximum Gasteiger partial charge on any atom is 0.412 e. The minimum atomic E-state index is -0.638. The molecule has 2 aromatic rings. The maximum atomic E-state index is 12.8.